The van der Waals surface area contributed by atoms with Crippen molar-refractivity contribution in [2.24, 2.45) is 0 Å². The summed E-state index contributed by atoms with van der Waals surface area (Å²) in [6.45, 7) is 2.27. The Morgan fingerprint density at radius 2 is 2.05 bits per heavy atom. The Morgan fingerprint density at radius 3 is 2.80 bits per heavy atom. The van der Waals surface area contributed by atoms with Crippen LogP contribution in [-0.4, -0.2) is 13.0 Å². The Balaban J connectivity index is 2.19. The molecule has 3 nitrogen and oxygen atoms in total. The summed E-state index contributed by atoms with van der Waals surface area (Å²) >= 11 is 0. The number of methoxy groups -OCH3 is 1. The van der Waals surface area contributed by atoms with E-state index in [-0.39, 0.29) is 11.6 Å². The first-order valence-electron chi connectivity index (χ1n) is 6.25. The van der Waals surface area contributed by atoms with Crippen molar-refractivity contribution in [2.45, 2.75) is 13.5 Å². The van der Waals surface area contributed by atoms with E-state index in [1.165, 1.54) is 6.07 Å². The molecule has 0 bridgehead atoms. The van der Waals surface area contributed by atoms with Gasteiger partial charge in [0.05, 0.1) is 12.3 Å². The fourth-order valence-corrected chi connectivity index (χ4v) is 1.90. The zero-order valence-corrected chi connectivity index (χ0v) is 11.4. The van der Waals surface area contributed by atoms with Crippen molar-refractivity contribution in [2.75, 3.05) is 12.4 Å². The number of halogens is 1. The first kappa shape index (κ1) is 14.2. The van der Waals surface area contributed by atoms with Gasteiger partial charge in [0.15, 0.2) is 0 Å². The first-order chi connectivity index (χ1) is 9.60. The Morgan fingerprint density at radius 1 is 1.25 bits per heavy atom. The lowest BCUT2D eigenvalue weighted by Gasteiger charge is -2.08. The van der Waals surface area contributed by atoms with E-state index < -0.39 is 5.82 Å². The van der Waals surface area contributed by atoms with Crippen LogP contribution >= 0.6 is 0 Å². The van der Waals surface area contributed by atoms with Gasteiger partial charge in [-0.05, 0) is 42.3 Å². The van der Waals surface area contributed by atoms with Gasteiger partial charge in [0.1, 0.15) is 5.82 Å². The number of nitrogens with one attached hydrogen (secondary N) is 1. The summed E-state index contributed by atoms with van der Waals surface area (Å²) in [4.78, 5) is 12.1. The molecular formula is C16H16FNO2. The highest BCUT2D eigenvalue weighted by molar-refractivity contribution is 6.04. The highest BCUT2D eigenvalue weighted by Crippen LogP contribution is 2.17. The Bertz CT molecular complexity index is 626. The molecule has 0 saturated carbocycles. The van der Waals surface area contributed by atoms with E-state index >= 15 is 0 Å². The Kier molecular flexibility index (Phi) is 4.48. The van der Waals surface area contributed by atoms with Crippen LogP contribution in [0.5, 0.6) is 0 Å². The number of amides is 1. The van der Waals surface area contributed by atoms with E-state index in [2.05, 4.69) is 5.32 Å². The first-order valence-corrected chi connectivity index (χ1v) is 6.25. The lowest BCUT2D eigenvalue weighted by atomic mass is 10.1. The summed E-state index contributed by atoms with van der Waals surface area (Å²) in [6, 6.07) is 11.7. The molecule has 4 heteroatoms. The standard InChI is InChI=1S/C16H16FNO2/c1-11-6-7-14(17)15(8-11)18-16(19)13-5-3-4-12(9-13)10-20-2/h3-9H,10H2,1-2H3,(H,18,19). The van der Waals surface area contributed by atoms with Crippen LogP contribution in [0, 0.1) is 12.7 Å². The zero-order valence-electron chi connectivity index (χ0n) is 11.4. The minimum atomic E-state index is -0.447. The van der Waals surface area contributed by atoms with E-state index in [0.717, 1.165) is 11.1 Å². The van der Waals surface area contributed by atoms with Crippen LogP contribution in [0.15, 0.2) is 42.5 Å². The SMILES string of the molecule is COCc1cccc(C(=O)Nc2cc(C)ccc2F)c1. The molecule has 0 aliphatic heterocycles. The summed E-state index contributed by atoms with van der Waals surface area (Å²) in [5.74, 6) is -0.788. The molecule has 0 aliphatic carbocycles. The van der Waals surface area contributed by atoms with Gasteiger partial charge in [-0.25, -0.2) is 4.39 Å². The number of benzene rings is 2. The fraction of sp³-hybridized carbons (Fsp3) is 0.188. The number of ether oxygens (including phenoxy) is 1. The van der Waals surface area contributed by atoms with Crippen LogP contribution in [0.25, 0.3) is 0 Å². The number of aryl methyl sites for hydroxylation is 1. The second-order valence-electron chi connectivity index (χ2n) is 4.57. The van der Waals surface area contributed by atoms with Crippen LogP contribution in [0.4, 0.5) is 10.1 Å². The lowest BCUT2D eigenvalue weighted by molar-refractivity contribution is 0.102. The molecule has 0 fully saturated rings. The van der Waals surface area contributed by atoms with Crippen molar-refractivity contribution >= 4 is 11.6 Å². The monoisotopic (exact) mass is 273 g/mol. The van der Waals surface area contributed by atoms with E-state index in [1.54, 1.807) is 37.4 Å². The molecule has 2 aromatic rings. The van der Waals surface area contributed by atoms with Crippen LogP contribution in [-0.2, 0) is 11.3 Å². The van der Waals surface area contributed by atoms with Gasteiger partial charge in [-0.15, -0.1) is 0 Å². The van der Waals surface area contributed by atoms with Gasteiger partial charge in [0, 0.05) is 12.7 Å². The van der Waals surface area contributed by atoms with Crippen molar-refractivity contribution in [3.05, 3.63) is 65.0 Å². The van der Waals surface area contributed by atoms with Crippen molar-refractivity contribution in [1.29, 1.82) is 0 Å². The molecule has 0 radical (unpaired) electrons. The highest BCUT2D eigenvalue weighted by Gasteiger charge is 2.10. The molecule has 0 heterocycles. The van der Waals surface area contributed by atoms with Crippen LogP contribution in [0.3, 0.4) is 0 Å². The third-order valence-corrected chi connectivity index (χ3v) is 2.87. The maximum Gasteiger partial charge on any atom is 0.255 e. The summed E-state index contributed by atoms with van der Waals surface area (Å²) in [6.07, 6.45) is 0. The molecule has 0 atom stereocenters. The summed E-state index contributed by atoms with van der Waals surface area (Å²) in [5.41, 5.74) is 2.44. The van der Waals surface area contributed by atoms with E-state index in [1.807, 2.05) is 13.0 Å². The van der Waals surface area contributed by atoms with Crippen LogP contribution in [0.2, 0.25) is 0 Å². The molecule has 20 heavy (non-hydrogen) atoms. The van der Waals surface area contributed by atoms with E-state index in [4.69, 9.17) is 4.74 Å². The molecule has 0 aliphatic rings. The topological polar surface area (TPSA) is 38.3 Å². The molecule has 104 valence electrons. The zero-order chi connectivity index (χ0) is 14.5. The second-order valence-corrected chi connectivity index (χ2v) is 4.57. The van der Waals surface area contributed by atoms with E-state index in [0.29, 0.717) is 12.2 Å². The number of anilines is 1. The van der Waals surface area contributed by atoms with Crippen molar-refractivity contribution in [3.8, 4) is 0 Å². The third kappa shape index (κ3) is 3.42. The number of rotatable bonds is 4. The second kappa shape index (κ2) is 6.30. The Hall–Kier alpha value is -2.20. The van der Waals surface area contributed by atoms with Gasteiger partial charge in [-0.1, -0.05) is 18.2 Å². The minimum absolute atomic E-state index is 0.187. The Labute approximate surface area is 117 Å². The van der Waals surface area contributed by atoms with Crippen molar-refractivity contribution in [3.63, 3.8) is 0 Å². The molecule has 0 aromatic heterocycles. The smallest absolute Gasteiger partial charge is 0.255 e. The van der Waals surface area contributed by atoms with Crippen LogP contribution < -0.4 is 5.32 Å². The third-order valence-electron chi connectivity index (χ3n) is 2.87. The highest BCUT2D eigenvalue weighted by atomic mass is 19.1. The molecule has 0 saturated heterocycles. The quantitative estimate of drug-likeness (QED) is 0.925. The molecule has 1 N–H and O–H groups in total. The predicted octanol–water partition coefficient (Wildman–Crippen LogP) is 3.53. The van der Waals surface area contributed by atoms with Gasteiger partial charge in [0.25, 0.3) is 5.91 Å². The average Bonchev–Trinajstić information content (AvgIpc) is 2.43. The maximum absolute atomic E-state index is 13.6. The predicted molar refractivity (Wildman–Crippen MR) is 76.2 cm³/mol. The molecule has 0 unspecified atom stereocenters. The maximum atomic E-state index is 13.6. The lowest BCUT2D eigenvalue weighted by Crippen LogP contribution is -2.13. The summed E-state index contributed by atoms with van der Waals surface area (Å²) in [7, 11) is 1.59. The van der Waals surface area contributed by atoms with Gasteiger partial charge >= 0.3 is 0 Å². The fourth-order valence-electron chi connectivity index (χ4n) is 1.90. The normalized spacial score (nSPS) is 10.3. The summed E-state index contributed by atoms with van der Waals surface area (Å²) in [5, 5.41) is 2.58. The molecular weight excluding hydrogens is 257 g/mol. The van der Waals surface area contributed by atoms with Gasteiger partial charge in [-0.3, -0.25) is 4.79 Å². The average molecular weight is 273 g/mol. The van der Waals surface area contributed by atoms with Crippen LogP contribution in [0.1, 0.15) is 21.5 Å². The van der Waals surface area contributed by atoms with Crippen molar-refractivity contribution < 1.29 is 13.9 Å². The number of hydrogen-bond acceptors (Lipinski definition) is 2. The molecule has 0 spiro atoms. The van der Waals surface area contributed by atoms with Gasteiger partial charge in [0.2, 0.25) is 0 Å². The van der Waals surface area contributed by atoms with Gasteiger partial charge < -0.3 is 10.1 Å². The number of hydrogen-bond donors (Lipinski definition) is 1. The molecule has 2 rings (SSSR count). The number of carbonyl (C=O) groups excluding carboxylic acids is 1. The molecule has 2 aromatic carbocycles. The van der Waals surface area contributed by atoms with Gasteiger partial charge in [-0.2, -0.15) is 0 Å². The largest absolute Gasteiger partial charge is 0.380 e. The molecule has 1 amide bonds. The summed E-state index contributed by atoms with van der Waals surface area (Å²) < 4.78 is 18.6. The van der Waals surface area contributed by atoms with E-state index in [9.17, 15) is 9.18 Å². The minimum Gasteiger partial charge on any atom is -0.380 e. The van der Waals surface area contributed by atoms with Crippen molar-refractivity contribution in [1.82, 2.24) is 0 Å². The number of carbonyl (C=O) groups is 1.